The molecule has 0 atom stereocenters. The first-order valence-corrected chi connectivity index (χ1v) is 5.03. The molecule has 0 spiro atoms. The van der Waals surface area contributed by atoms with E-state index in [0.717, 1.165) is 18.2 Å². The second-order valence-corrected chi connectivity index (χ2v) is 3.45. The molecule has 1 amide bonds. The number of nitrogens with one attached hydrogen (secondary N) is 1. The predicted octanol–water partition coefficient (Wildman–Crippen LogP) is 2.31. The quantitative estimate of drug-likeness (QED) is 0.674. The van der Waals surface area contributed by atoms with Crippen molar-refractivity contribution in [1.82, 2.24) is 5.48 Å². The van der Waals surface area contributed by atoms with Gasteiger partial charge in [0.1, 0.15) is 0 Å². The minimum atomic E-state index is -4.62. The minimum absolute atomic E-state index is 0.177. The highest BCUT2D eigenvalue weighted by Gasteiger charge is 2.33. The number of carbonyl (C=O) groups excluding carboxylic acids is 1. The molecule has 1 aromatic carbocycles. The Morgan fingerprint density at radius 2 is 2.21 bits per heavy atom. The van der Waals surface area contributed by atoms with Crippen LogP contribution in [0, 0.1) is 11.3 Å². The van der Waals surface area contributed by atoms with Crippen LogP contribution in [0.5, 0.6) is 0 Å². The standard InChI is InChI=1S/C12H9F3N2O2/c1-2-11(18)17-19-7-8-3-4-9(6-16)10(5-8)12(13,14)15/h2-5H,1,7H2,(H,17,18). The largest absolute Gasteiger partial charge is 0.417 e. The molecule has 0 heterocycles. The molecule has 0 bridgehead atoms. The highest BCUT2D eigenvalue weighted by Crippen LogP contribution is 2.32. The second-order valence-electron chi connectivity index (χ2n) is 3.45. The van der Waals surface area contributed by atoms with E-state index < -0.39 is 23.2 Å². The van der Waals surface area contributed by atoms with Crippen LogP contribution in [-0.2, 0) is 22.4 Å². The molecule has 0 fully saturated rings. The van der Waals surface area contributed by atoms with Crippen LogP contribution in [-0.4, -0.2) is 5.91 Å². The number of nitrogens with zero attached hydrogens (tertiary/aromatic N) is 1. The molecule has 0 aliphatic heterocycles. The van der Waals surface area contributed by atoms with E-state index >= 15 is 0 Å². The Morgan fingerprint density at radius 3 is 2.74 bits per heavy atom. The Balaban J connectivity index is 2.85. The third-order valence-corrected chi connectivity index (χ3v) is 2.11. The number of hydrogen-bond acceptors (Lipinski definition) is 3. The lowest BCUT2D eigenvalue weighted by molar-refractivity contribution is -0.138. The summed E-state index contributed by atoms with van der Waals surface area (Å²) in [5, 5.41) is 8.60. The number of rotatable bonds is 4. The predicted molar refractivity (Wildman–Crippen MR) is 59.3 cm³/mol. The molecular formula is C12H9F3N2O2. The van der Waals surface area contributed by atoms with Crippen molar-refractivity contribution in [3.05, 3.63) is 47.5 Å². The molecule has 0 aliphatic carbocycles. The fourth-order valence-corrected chi connectivity index (χ4v) is 1.25. The summed E-state index contributed by atoms with van der Waals surface area (Å²) >= 11 is 0. The van der Waals surface area contributed by atoms with Gasteiger partial charge in [-0.25, -0.2) is 5.48 Å². The summed E-state index contributed by atoms with van der Waals surface area (Å²) in [4.78, 5) is 15.4. The first-order valence-electron chi connectivity index (χ1n) is 5.03. The third kappa shape index (κ3) is 4.12. The van der Waals surface area contributed by atoms with E-state index in [1.165, 1.54) is 12.1 Å². The van der Waals surface area contributed by atoms with E-state index in [-0.39, 0.29) is 12.2 Å². The van der Waals surface area contributed by atoms with Crippen molar-refractivity contribution < 1.29 is 22.8 Å². The maximum atomic E-state index is 12.6. The molecule has 4 nitrogen and oxygen atoms in total. The summed E-state index contributed by atoms with van der Waals surface area (Å²) in [5.41, 5.74) is 0.639. The van der Waals surface area contributed by atoms with Crippen LogP contribution in [0.2, 0.25) is 0 Å². The summed E-state index contributed by atoms with van der Waals surface area (Å²) in [7, 11) is 0. The number of amides is 1. The van der Waals surface area contributed by atoms with Crippen molar-refractivity contribution in [2.75, 3.05) is 0 Å². The van der Waals surface area contributed by atoms with Crippen molar-refractivity contribution in [3.63, 3.8) is 0 Å². The van der Waals surface area contributed by atoms with Crippen molar-refractivity contribution in [2.45, 2.75) is 12.8 Å². The molecule has 1 aromatic rings. The van der Waals surface area contributed by atoms with Crippen LogP contribution in [0.15, 0.2) is 30.9 Å². The Hall–Kier alpha value is -2.33. The molecule has 0 saturated carbocycles. The molecule has 100 valence electrons. The van der Waals surface area contributed by atoms with E-state index in [1.54, 1.807) is 0 Å². The molecule has 0 aromatic heterocycles. The van der Waals surface area contributed by atoms with Crippen LogP contribution < -0.4 is 5.48 Å². The molecule has 0 unspecified atom stereocenters. The van der Waals surface area contributed by atoms with Crippen LogP contribution >= 0.6 is 0 Å². The third-order valence-electron chi connectivity index (χ3n) is 2.11. The normalized spacial score (nSPS) is 10.6. The summed E-state index contributed by atoms with van der Waals surface area (Å²) in [6.45, 7) is 2.92. The number of halogens is 3. The summed E-state index contributed by atoms with van der Waals surface area (Å²) in [6.07, 6.45) is -3.66. The van der Waals surface area contributed by atoms with Gasteiger partial charge in [0.2, 0.25) is 0 Å². The first kappa shape index (κ1) is 14.7. The molecule has 0 radical (unpaired) electrons. The van der Waals surface area contributed by atoms with Gasteiger partial charge in [-0.3, -0.25) is 9.63 Å². The Kier molecular flexibility index (Phi) is 4.67. The monoisotopic (exact) mass is 270 g/mol. The number of nitriles is 1. The van der Waals surface area contributed by atoms with Crippen LogP contribution in [0.1, 0.15) is 16.7 Å². The van der Waals surface area contributed by atoms with Gasteiger partial charge in [0, 0.05) is 0 Å². The molecule has 0 aliphatic rings. The molecule has 19 heavy (non-hydrogen) atoms. The molecule has 0 saturated heterocycles. The molecule has 1 rings (SSSR count). The van der Waals surface area contributed by atoms with Crippen LogP contribution in [0.3, 0.4) is 0 Å². The Morgan fingerprint density at radius 1 is 1.53 bits per heavy atom. The molecule has 1 N–H and O–H groups in total. The second kappa shape index (κ2) is 6.02. The van der Waals surface area contributed by atoms with Gasteiger partial charge in [-0.05, 0) is 23.8 Å². The van der Waals surface area contributed by atoms with E-state index in [1.807, 2.05) is 5.48 Å². The lowest BCUT2D eigenvalue weighted by Gasteiger charge is -2.11. The van der Waals surface area contributed by atoms with Crippen molar-refractivity contribution >= 4 is 5.91 Å². The summed E-state index contributed by atoms with van der Waals surface area (Å²) in [6, 6.07) is 4.64. The number of hydrogen-bond donors (Lipinski definition) is 1. The van der Waals surface area contributed by atoms with E-state index in [4.69, 9.17) is 10.1 Å². The SMILES string of the molecule is C=CC(=O)NOCc1ccc(C#N)c(C(F)(F)F)c1. The zero-order valence-electron chi connectivity index (χ0n) is 9.62. The van der Waals surface area contributed by atoms with Gasteiger partial charge in [-0.2, -0.15) is 18.4 Å². The minimum Gasteiger partial charge on any atom is -0.269 e. The highest BCUT2D eigenvalue weighted by atomic mass is 19.4. The van der Waals surface area contributed by atoms with Gasteiger partial charge >= 0.3 is 6.18 Å². The van der Waals surface area contributed by atoms with Crippen LogP contribution in [0.4, 0.5) is 13.2 Å². The number of benzene rings is 1. The molecule has 7 heteroatoms. The zero-order chi connectivity index (χ0) is 14.5. The number of alkyl halides is 3. The van der Waals surface area contributed by atoms with Gasteiger partial charge in [0.25, 0.3) is 5.91 Å². The van der Waals surface area contributed by atoms with E-state index in [9.17, 15) is 18.0 Å². The average molecular weight is 270 g/mol. The van der Waals surface area contributed by atoms with Crippen molar-refractivity contribution in [3.8, 4) is 6.07 Å². The Bertz CT molecular complexity index is 533. The van der Waals surface area contributed by atoms with Gasteiger partial charge in [0.05, 0.1) is 23.8 Å². The van der Waals surface area contributed by atoms with Crippen molar-refractivity contribution in [2.24, 2.45) is 0 Å². The number of hydroxylamine groups is 1. The van der Waals surface area contributed by atoms with E-state index in [2.05, 4.69) is 6.58 Å². The van der Waals surface area contributed by atoms with Gasteiger partial charge in [-0.15, -0.1) is 0 Å². The van der Waals surface area contributed by atoms with Crippen molar-refractivity contribution in [1.29, 1.82) is 5.26 Å². The maximum Gasteiger partial charge on any atom is 0.417 e. The molecular weight excluding hydrogens is 261 g/mol. The van der Waals surface area contributed by atoms with E-state index in [0.29, 0.717) is 0 Å². The lowest BCUT2D eigenvalue weighted by Crippen LogP contribution is -2.21. The topological polar surface area (TPSA) is 62.1 Å². The number of carbonyl (C=O) groups is 1. The lowest BCUT2D eigenvalue weighted by atomic mass is 10.0. The fraction of sp³-hybridized carbons (Fsp3) is 0.167. The van der Waals surface area contributed by atoms with Crippen LogP contribution in [0.25, 0.3) is 0 Å². The Labute approximate surface area is 107 Å². The van der Waals surface area contributed by atoms with Gasteiger partial charge < -0.3 is 0 Å². The first-order chi connectivity index (χ1) is 8.88. The van der Waals surface area contributed by atoms with Gasteiger partial charge in [0.15, 0.2) is 0 Å². The van der Waals surface area contributed by atoms with Gasteiger partial charge in [-0.1, -0.05) is 12.6 Å². The average Bonchev–Trinajstić information content (AvgIpc) is 2.37. The zero-order valence-corrected chi connectivity index (χ0v) is 9.62. The maximum absolute atomic E-state index is 12.6. The summed E-state index contributed by atoms with van der Waals surface area (Å²) in [5.74, 6) is -0.607. The smallest absolute Gasteiger partial charge is 0.269 e. The highest BCUT2D eigenvalue weighted by molar-refractivity contribution is 5.85. The fourth-order valence-electron chi connectivity index (χ4n) is 1.25. The summed E-state index contributed by atoms with van der Waals surface area (Å²) < 4.78 is 37.9.